The summed E-state index contributed by atoms with van der Waals surface area (Å²) >= 11 is 0. The predicted molar refractivity (Wildman–Crippen MR) is 112 cm³/mol. The van der Waals surface area contributed by atoms with Gasteiger partial charge >= 0.3 is 5.97 Å². The fraction of sp³-hybridized carbons (Fsp3) is 0.333. The van der Waals surface area contributed by atoms with Crippen LogP contribution in [0.1, 0.15) is 48.4 Å². The molecule has 1 heterocycles. The third-order valence-corrected chi connectivity index (χ3v) is 5.57. The number of aryl methyl sites for hydroxylation is 2. The lowest BCUT2D eigenvalue weighted by Crippen LogP contribution is -2.34. The maximum absolute atomic E-state index is 12.2. The number of H-pyrrole nitrogens is 1. The maximum Gasteiger partial charge on any atom is 0.306 e. The van der Waals surface area contributed by atoms with E-state index in [2.05, 4.69) is 28.5 Å². The average Bonchev–Trinajstić information content (AvgIpc) is 3.16. The molecule has 0 unspecified atom stereocenters. The van der Waals surface area contributed by atoms with E-state index in [1.807, 2.05) is 36.5 Å². The molecule has 0 aliphatic heterocycles. The van der Waals surface area contributed by atoms with Crippen molar-refractivity contribution in [2.75, 3.05) is 6.61 Å². The molecule has 0 saturated carbocycles. The van der Waals surface area contributed by atoms with Gasteiger partial charge in [-0.25, -0.2) is 0 Å². The van der Waals surface area contributed by atoms with Crippen LogP contribution in [0.2, 0.25) is 0 Å². The number of para-hydroxylation sites is 1. The van der Waals surface area contributed by atoms with Crippen LogP contribution in [0.25, 0.3) is 10.9 Å². The molecule has 4 rings (SSSR count). The fourth-order valence-electron chi connectivity index (χ4n) is 4.12. The lowest BCUT2D eigenvalue weighted by atomic mass is 9.88. The Bertz CT molecular complexity index is 1010. The summed E-state index contributed by atoms with van der Waals surface area (Å²) < 4.78 is 5.18. The largest absolute Gasteiger partial charge is 0.456 e. The van der Waals surface area contributed by atoms with E-state index in [9.17, 15) is 9.59 Å². The number of carbonyl (C=O) groups excluding carboxylic acids is 2. The Labute approximate surface area is 170 Å². The van der Waals surface area contributed by atoms with Gasteiger partial charge in [0.1, 0.15) is 0 Å². The van der Waals surface area contributed by atoms with Gasteiger partial charge in [0.25, 0.3) is 5.91 Å². The molecule has 5 heteroatoms. The first-order valence-electron chi connectivity index (χ1n) is 10.3. The molecular weight excluding hydrogens is 364 g/mol. The van der Waals surface area contributed by atoms with Crippen molar-refractivity contribution in [1.82, 2.24) is 10.3 Å². The Morgan fingerprint density at radius 3 is 2.86 bits per heavy atom. The predicted octanol–water partition coefficient (Wildman–Crippen LogP) is 4.23. The van der Waals surface area contributed by atoms with Gasteiger partial charge in [-0.3, -0.25) is 9.59 Å². The minimum atomic E-state index is -0.330. The second-order valence-electron chi connectivity index (χ2n) is 7.58. The van der Waals surface area contributed by atoms with Gasteiger partial charge in [0.15, 0.2) is 6.61 Å². The van der Waals surface area contributed by atoms with Crippen LogP contribution in [-0.4, -0.2) is 23.5 Å². The summed E-state index contributed by atoms with van der Waals surface area (Å²) in [5.41, 5.74) is 4.77. The molecule has 1 atom stereocenters. The first-order chi connectivity index (χ1) is 14.2. The van der Waals surface area contributed by atoms with Crippen molar-refractivity contribution in [2.45, 2.75) is 44.6 Å². The Balaban J connectivity index is 1.20. The number of ether oxygens (including phenoxy) is 1. The van der Waals surface area contributed by atoms with E-state index in [1.54, 1.807) is 0 Å². The van der Waals surface area contributed by atoms with E-state index in [4.69, 9.17) is 4.74 Å². The lowest BCUT2D eigenvalue weighted by molar-refractivity contribution is -0.148. The van der Waals surface area contributed by atoms with Crippen LogP contribution >= 0.6 is 0 Å². The van der Waals surface area contributed by atoms with Gasteiger partial charge in [-0.05, 0) is 54.9 Å². The zero-order valence-electron chi connectivity index (χ0n) is 16.4. The van der Waals surface area contributed by atoms with Crippen molar-refractivity contribution in [3.63, 3.8) is 0 Å². The van der Waals surface area contributed by atoms with Crippen molar-refractivity contribution in [3.05, 3.63) is 71.4 Å². The number of aromatic nitrogens is 1. The summed E-state index contributed by atoms with van der Waals surface area (Å²) in [6.07, 6.45) is 6.80. The van der Waals surface area contributed by atoms with E-state index >= 15 is 0 Å². The van der Waals surface area contributed by atoms with Crippen LogP contribution < -0.4 is 5.32 Å². The molecule has 0 saturated heterocycles. The van der Waals surface area contributed by atoms with Crippen molar-refractivity contribution in [2.24, 2.45) is 0 Å². The van der Waals surface area contributed by atoms with Crippen molar-refractivity contribution in [3.8, 4) is 0 Å². The summed E-state index contributed by atoms with van der Waals surface area (Å²) in [6.45, 7) is -0.218. The Morgan fingerprint density at radius 2 is 1.93 bits per heavy atom. The molecular formula is C24H26N2O3. The topological polar surface area (TPSA) is 71.2 Å². The monoisotopic (exact) mass is 390 g/mol. The van der Waals surface area contributed by atoms with E-state index < -0.39 is 0 Å². The number of esters is 1. The van der Waals surface area contributed by atoms with Gasteiger partial charge in [0.05, 0.1) is 6.04 Å². The molecule has 3 aromatic rings. The molecule has 0 fully saturated rings. The highest BCUT2D eigenvalue weighted by molar-refractivity contribution is 5.83. The maximum atomic E-state index is 12.2. The molecule has 1 aromatic heterocycles. The molecule has 150 valence electrons. The number of rotatable bonds is 7. The Morgan fingerprint density at radius 1 is 1.10 bits per heavy atom. The van der Waals surface area contributed by atoms with Crippen LogP contribution in [0.3, 0.4) is 0 Å². The van der Waals surface area contributed by atoms with Gasteiger partial charge in [-0.1, -0.05) is 42.5 Å². The number of nitrogens with one attached hydrogen (secondary N) is 2. The third kappa shape index (κ3) is 4.67. The zero-order valence-corrected chi connectivity index (χ0v) is 16.4. The average molecular weight is 390 g/mol. The van der Waals surface area contributed by atoms with Crippen molar-refractivity contribution >= 4 is 22.8 Å². The number of amides is 1. The highest BCUT2D eigenvalue weighted by atomic mass is 16.5. The van der Waals surface area contributed by atoms with Crippen LogP contribution in [0.5, 0.6) is 0 Å². The number of fused-ring (bicyclic) bond motifs is 2. The molecule has 0 radical (unpaired) electrons. The minimum absolute atomic E-state index is 0.00743. The van der Waals surface area contributed by atoms with Crippen molar-refractivity contribution < 1.29 is 14.3 Å². The van der Waals surface area contributed by atoms with E-state index in [0.29, 0.717) is 12.8 Å². The standard InChI is InChI=1S/C24H26N2O3/c27-23(26-22-13-5-8-17-7-1-2-10-19(17)22)16-29-24(28)14-6-9-18-15-25-21-12-4-3-11-20(18)21/h1-4,7,10-12,15,22,25H,5-6,8-9,13-14,16H2,(H,26,27)/t22-/m1/s1. The molecule has 0 spiro atoms. The normalized spacial score (nSPS) is 15.7. The van der Waals surface area contributed by atoms with Gasteiger partial charge in [0.2, 0.25) is 0 Å². The summed E-state index contributed by atoms with van der Waals surface area (Å²) in [4.78, 5) is 27.5. The van der Waals surface area contributed by atoms with Crippen LogP contribution in [0, 0.1) is 0 Å². The summed E-state index contributed by atoms with van der Waals surface area (Å²) in [7, 11) is 0. The van der Waals surface area contributed by atoms with Crippen LogP contribution in [-0.2, 0) is 27.2 Å². The molecule has 1 aliphatic rings. The second-order valence-corrected chi connectivity index (χ2v) is 7.58. The number of hydrogen-bond donors (Lipinski definition) is 2. The minimum Gasteiger partial charge on any atom is -0.456 e. The number of carbonyl (C=O) groups is 2. The van der Waals surface area contributed by atoms with Gasteiger partial charge < -0.3 is 15.0 Å². The van der Waals surface area contributed by atoms with E-state index in [0.717, 1.165) is 31.2 Å². The number of hydrogen-bond acceptors (Lipinski definition) is 3. The van der Waals surface area contributed by atoms with Gasteiger partial charge in [-0.2, -0.15) is 0 Å². The molecule has 29 heavy (non-hydrogen) atoms. The Kier molecular flexibility index (Phi) is 5.94. The summed E-state index contributed by atoms with van der Waals surface area (Å²) in [5.74, 6) is -0.569. The summed E-state index contributed by atoms with van der Waals surface area (Å²) in [5, 5.41) is 4.20. The van der Waals surface area contributed by atoms with Gasteiger partial charge in [0, 0.05) is 23.5 Å². The second kappa shape index (κ2) is 8.95. The van der Waals surface area contributed by atoms with Crippen molar-refractivity contribution in [1.29, 1.82) is 0 Å². The fourth-order valence-corrected chi connectivity index (χ4v) is 4.12. The highest BCUT2D eigenvalue weighted by Gasteiger charge is 2.21. The molecule has 0 bridgehead atoms. The first kappa shape index (κ1) is 19.2. The molecule has 2 aromatic carbocycles. The highest BCUT2D eigenvalue weighted by Crippen LogP contribution is 2.29. The van der Waals surface area contributed by atoms with E-state index in [-0.39, 0.29) is 24.5 Å². The van der Waals surface area contributed by atoms with Gasteiger partial charge in [-0.15, -0.1) is 0 Å². The smallest absolute Gasteiger partial charge is 0.306 e. The molecule has 2 N–H and O–H groups in total. The number of benzene rings is 2. The van der Waals surface area contributed by atoms with Crippen LogP contribution in [0.15, 0.2) is 54.7 Å². The molecule has 5 nitrogen and oxygen atoms in total. The molecule has 1 aliphatic carbocycles. The zero-order chi connectivity index (χ0) is 20.1. The van der Waals surface area contributed by atoms with Crippen LogP contribution in [0.4, 0.5) is 0 Å². The third-order valence-electron chi connectivity index (χ3n) is 5.57. The SMILES string of the molecule is O=C(COC(=O)CCCc1c[nH]c2ccccc12)N[C@@H]1CCCc2ccccc21. The summed E-state index contributed by atoms with van der Waals surface area (Å²) in [6, 6.07) is 16.3. The van der Waals surface area contributed by atoms with E-state index in [1.165, 1.54) is 22.1 Å². The quantitative estimate of drug-likeness (QED) is 0.593. The Hall–Kier alpha value is -3.08. The lowest BCUT2D eigenvalue weighted by Gasteiger charge is -2.26. The number of aromatic amines is 1. The first-order valence-corrected chi connectivity index (χ1v) is 10.3. The molecule has 1 amide bonds.